The minimum absolute atomic E-state index is 0.00919. The van der Waals surface area contributed by atoms with Gasteiger partial charge in [-0.1, -0.05) is 25.1 Å². The SMILES string of the molecule is CNC(=O)c1ccnc2c([C@H](C)CNc3cc(N4CC(=O)NC(C)C4)ncn3)cccc12. The molecule has 0 bridgehead atoms. The van der Waals surface area contributed by atoms with Crippen LogP contribution in [-0.4, -0.2) is 59.5 Å². The third-order valence-corrected chi connectivity index (χ3v) is 5.61. The fourth-order valence-corrected chi connectivity index (χ4v) is 4.02. The molecule has 3 heterocycles. The molecule has 4 rings (SSSR count). The highest BCUT2D eigenvalue weighted by molar-refractivity contribution is 6.06. The Morgan fingerprint density at radius 2 is 2.12 bits per heavy atom. The number of hydrogen-bond donors (Lipinski definition) is 3. The molecule has 0 aliphatic carbocycles. The van der Waals surface area contributed by atoms with E-state index in [-0.39, 0.29) is 30.3 Å². The molecule has 9 nitrogen and oxygen atoms in total. The summed E-state index contributed by atoms with van der Waals surface area (Å²) >= 11 is 0. The van der Waals surface area contributed by atoms with Crippen LogP contribution in [0.15, 0.2) is 42.9 Å². The first kappa shape index (κ1) is 21.5. The van der Waals surface area contributed by atoms with Gasteiger partial charge in [-0.05, 0) is 18.6 Å². The number of pyridine rings is 1. The van der Waals surface area contributed by atoms with E-state index in [2.05, 4.69) is 37.8 Å². The number of carbonyl (C=O) groups is 2. The van der Waals surface area contributed by atoms with E-state index >= 15 is 0 Å². The van der Waals surface area contributed by atoms with Crippen LogP contribution in [0.25, 0.3) is 10.9 Å². The number of nitrogens with zero attached hydrogens (tertiary/aromatic N) is 4. The Labute approximate surface area is 186 Å². The standard InChI is InChI=1S/C23H27N7O2/c1-14(16-5-4-6-17-18(23(32)24-3)7-8-25-22(16)17)10-26-19-9-20(28-13-27-19)30-11-15(2)29-21(31)12-30/h4-9,13-15H,10-12H2,1-3H3,(H,24,32)(H,29,31)(H,26,27,28)/t14-,15?/m1/s1. The van der Waals surface area contributed by atoms with Gasteiger partial charge in [-0.15, -0.1) is 0 Å². The van der Waals surface area contributed by atoms with Crippen molar-refractivity contribution in [1.29, 1.82) is 0 Å². The van der Waals surface area contributed by atoms with Crippen LogP contribution in [0.5, 0.6) is 0 Å². The van der Waals surface area contributed by atoms with Gasteiger partial charge >= 0.3 is 0 Å². The number of piperazine rings is 1. The van der Waals surface area contributed by atoms with E-state index < -0.39 is 0 Å². The number of nitrogens with one attached hydrogen (secondary N) is 3. The lowest BCUT2D eigenvalue weighted by Gasteiger charge is -2.32. The quantitative estimate of drug-likeness (QED) is 0.544. The Bertz CT molecular complexity index is 1150. The number of hydrogen-bond acceptors (Lipinski definition) is 7. The maximum atomic E-state index is 12.2. The van der Waals surface area contributed by atoms with Gasteiger partial charge in [0.25, 0.3) is 5.91 Å². The van der Waals surface area contributed by atoms with Crippen molar-refractivity contribution in [2.24, 2.45) is 0 Å². The Morgan fingerprint density at radius 1 is 1.28 bits per heavy atom. The lowest BCUT2D eigenvalue weighted by atomic mass is 9.96. The van der Waals surface area contributed by atoms with Crippen LogP contribution in [0.3, 0.4) is 0 Å². The van der Waals surface area contributed by atoms with E-state index in [1.807, 2.05) is 36.1 Å². The van der Waals surface area contributed by atoms with Gasteiger partial charge in [0.05, 0.1) is 17.6 Å². The van der Waals surface area contributed by atoms with E-state index in [1.165, 1.54) is 6.33 Å². The van der Waals surface area contributed by atoms with Crippen molar-refractivity contribution in [3.05, 3.63) is 54.0 Å². The number of carbonyl (C=O) groups excluding carboxylic acids is 2. The molecule has 0 spiro atoms. The van der Waals surface area contributed by atoms with Gasteiger partial charge in [0.2, 0.25) is 5.91 Å². The van der Waals surface area contributed by atoms with E-state index in [0.717, 1.165) is 22.3 Å². The van der Waals surface area contributed by atoms with Gasteiger partial charge in [-0.25, -0.2) is 9.97 Å². The summed E-state index contributed by atoms with van der Waals surface area (Å²) in [5, 5.41) is 9.80. The summed E-state index contributed by atoms with van der Waals surface area (Å²) < 4.78 is 0. The third kappa shape index (κ3) is 4.46. The van der Waals surface area contributed by atoms with E-state index in [1.54, 1.807) is 19.3 Å². The smallest absolute Gasteiger partial charge is 0.251 e. The van der Waals surface area contributed by atoms with Crippen LogP contribution in [0.1, 0.15) is 35.7 Å². The number of amides is 2. The molecule has 1 unspecified atom stereocenters. The molecule has 0 saturated carbocycles. The maximum Gasteiger partial charge on any atom is 0.251 e. The molecular formula is C23H27N7O2. The second kappa shape index (κ2) is 9.17. The Hall–Kier alpha value is -3.75. The molecule has 1 aromatic carbocycles. The van der Waals surface area contributed by atoms with Crippen LogP contribution >= 0.6 is 0 Å². The summed E-state index contributed by atoms with van der Waals surface area (Å²) in [5.74, 6) is 1.39. The van der Waals surface area contributed by atoms with Crippen molar-refractivity contribution >= 4 is 34.4 Å². The molecule has 9 heteroatoms. The molecule has 166 valence electrons. The van der Waals surface area contributed by atoms with Crippen molar-refractivity contribution in [2.45, 2.75) is 25.8 Å². The average Bonchev–Trinajstić information content (AvgIpc) is 2.80. The number of anilines is 2. The zero-order valence-corrected chi connectivity index (χ0v) is 18.4. The lowest BCUT2D eigenvalue weighted by Crippen LogP contribution is -2.53. The van der Waals surface area contributed by atoms with Gasteiger partial charge in [0.1, 0.15) is 18.0 Å². The highest BCUT2D eigenvalue weighted by Gasteiger charge is 2.23. The average molecular weight is 434 g/mol. The summed E-state index contributed by atoms with van der Waals surface area (Å²) in [6.07, 6.45) is 3.18. The third-order valence-electron chi connectivity index (χ3n) is 5.61. The second-order valence-electron chi connectivity index (χ2n) is 8.07. The maximum absolute atomic E-state index is 12.2. The molecule has 2 atom stereocenters. The van der Waals surface area contributed by atoms with Gasteiger partial charge in [0.15, 0.2) is 0 Å². The van der Waals surface area contributed by atoms with Crippen molar-refractivity contribution in [1.82, 2.24) is 25.6 Å². The molecule has 0 radical (unpaired) electrons. The fraction of sp³-hybridized carbons (Fsp3) is 0.348. The van der Waals surface area contributed by atoms with Crippen LogP contribution in [0.2, 0.25) is 0 Å². The van der Waals surface area contributed by atoms with Gasteiger partial charge < -0.3 is 20.9 Å². The summed E-state index contributed by atoms with van der Waals surface area (Å²) in [4.78, 5) is 39.3. The van der Waals surface area contributed by atoms with Crippen LogP contribution in [0, 0.1) is 0 Å². The minimum atomic E-state index is -0.130. The molecule has 32 heavy (non-hydrogen) atoms. The number of rotatable bonds is 6. The van der Waals surface area contributed by atoms with E-state index in [4.69, 9.17) is 0 Å². The molecule has 2 amide bonds. The Morgan fingerprint density at radius 3 is 2.91 bits per heavy atom. The summed E-state index contributed by atoms with van der Waals surface area (Å²) in [5.41, 5.74) is 2.48. The number of fused-ring (bicyclic) bond motifs is 1. The van der Waals surface area contributed by atoms with Crippen molar-refractivity contribution in [3.8, 4) is 0 Å². The monoisotopic (exact) mass is 433 g/mol. The zero-order chi connectivity index (χ0) is 22.7. The largest absolute Gasteiger partial charge is 0.369 e. The highest BCUT2D eigenvalue weighted by Crippen LogP contribution is 2.27. The van der Waals surface area contributed by atoms with E-state index in [9.17, 15) is 9.59 Å². The van der Waals surface area contributed by atoms with Crippen LogP contribution in [0.4, 0.5) is 11.6 Å². The summed E-state index contributed by atoms with van der Waals surface area (Å²) in [6, 6.07) is 9.58. The minimum Gasteiger partial charge on any atom is -0.369 e. The predicted octanol–water partition coefficient (Wildman–Crippen LogP) is 1.92. The topological polar surface area (TPSA) is 112 Å². The molecule has 1 aliphatic heterocycles. The normalized spacial score (nSPS) is 17.0. The van der Waals surface area contributed by atoms with Gasteiger partial charge in [-0.2, -0.15) is 0 Å². The first-order chi connectivity index (χ1) is 15.5. The summed E-state index contributed by atoms with van der Waals surface area (Å²) in [6.45, 7) is 5.69. The summed E-state index contributed by atoms with van der Waals surface area (Å²) in [7, 11) is 1.62. The highest BCUT2D eigenvalue weighted by atomic mass is 16.2. The second-order valence-corrected chi connectivity index (χ2v) is 8.07. The van der Waals surface area contributed by atoms with Crippen molar-refractivity contribution in [3.63, 3.8) is 0 Å². The number of para-hydroxylation sites is 1. The van der Waals surface area contributed by atoms with Gasteiger partial charge in [-0.3, -0.25) is 14.6 Å². The molecule has 3 N–H and O–H groups in total. The molecule has 1 aliphatic rings. The predicted molar refractivity (Wildman–Crippen MR) is 124 cm³/mol. The fourth-order valence-electron chi connectivity index (χ4n) is 4.02. The molecule has 1 saturated heterocycles. The Balaban J connectivity index is 1.51. The number of aromatic nitrogens is 3. The van der Waals surface area contributed by atoms with Crippen molar-refractivity contribution < 1.29 is 9.59 Å². The van der Waals surface area contributed by atoms with Crippen LogP contribution in [-0.2, 0) is 4.79 Å². The molecule has 2 aromatic heterocycles. The Kier molecular flexibility index (Phi) is 6.16. The molecular weight excluding hydrogens is 406 g/mol. The van der Waals surface area contributed by atoms with Crippen LogP contribution < -0.4 is 20.9 Å². The first-order valence-corrected chi connectivity index (χ1v) is 10.7. The lowest BCUT2D eigenvalue weighted by molar-refractivity contribution is -0.121. The van der Waals surface area contributed by atoms with Crippen molar-refractivity contribution in [2.75, 3.05) is 36.9 Å². The molecule has 1 fully saturated rings. The number of benzene rings is 1. The molecule has 3 aromatic rings. The van der Waals surface area contributed by atoms with Gasteiger partial charge in [0, 0.05) is 49.7 Å². The van der Waals surface area contributed by atoms with E-state index in [0.29, 0.717) is 24.5 Å². The first-order valence-electron chi connectivity index (χ1n) is 10.7. The zero-order valence-electron chi connectivity index (χ0n) is 18.4.